The van der Waals surface area contributed by atoms with Crippen molar-refractivity contribution in [3.8, 4) is 0 Å². The Labute approximate surface area is 234 Å². The number of fused-ring (bicyclic) bond motifs is 3. The number of alkyl halides is 1. The molecule has 0 aliphatic carbocycles. The summed E-state index contributed by atoms with van der Waals surface area (Å²) in [4.78, 5) is 73.4. The first-order valence-corrected chi connectivity index (χ1v) is 13.8. The second-order valence-corrected chi connectivity index (χ2v) is 10.9. The van der Waals surface area contributed by atoms with E-state index in [0.717, 1.165) is 21.8 Å². The number of nitrogens with one attached hydrogen (secondary N) is 2. The fourth-order valence-electron chi connectivity index (χ4n) is 4.37. The Kier molecular flexibility index (Phi) is 7.46. The van der Waals surface area contributed by atoms with Gasteiger partial charge in [-0.2, -0.15) is 0 Å². The summed E-state index contributed by atoms with van der Waals surface area (Å²) < 4.78 is 10.9. The van der Waals surface area contributed by atoms with Crippen molar-refractivity contribution in [3.63, 3.8) is 0 Å². The summed E-state index contributed by atoms with van der Waals surface area (Å²) >= 11 is 7.70. The lowest BCUT2D eigenvalue weighted by molar-refractivity contribution is -0.208. The van der Waals surface area contributed by atoms with Crippen molar-refractivity contribution in [2.45, 2.75) is 35.4 Å². The molecular formula is C23H20ClN5O8S2. The van der Waals surface area contributed by atoms with E-state index in [-0.39, 0.29) is 35.4 Å². The fraction of sp³-hybridized carbons (Fsp3) is 0.348. The van der Waals surface area contributed by atoms with Crippen molar-refractivity contribution in [1.82, 2.24) is 15.2 Å². The van der Waals surface area contributed by atoms with Crippen LogP contribution in [0.1, 0.15) is 17.7 Å². The maximum absolute atomic E-state index is 13.2. The van der Waals surface area contributed by atoms with Crippen molar-refractivity contribution in [2.24, 2.45) is 5.16 Å². The van der Waals surface area contributed by atoms with Crippen molar-refractivity contribution in [1.29, 1.82) is 0 Å². The highest BCUT2D eigenvalue weighted by Gasteiger charge is 2.75. The first-order valence-electron chi connectivity index (χ1n) is 11.4. The number of anilines is 1. The Bertz CT molecular complexity index is 1370. The number of thioether (sulfide) groups is 1. The van der Waals surface area contributed by atoms with E-state index in [2.05, 4.69) is 20.8 Å². The summed E-state index contributed by atoms with van der Waals surface area (Å²) in [6.45, 7) is -0.0684. The molecule has 13 nitrogen and oxygen atoms in total. The van der Waals surface area contributed by atoms with Gasteiger partial charge in [0.15, 0.2) is 10.8 Å². The number of halogens is 1. The van der Waals surface area contributed by atoms with E-state index >= 15 is 0 Å². The molecule has 0 saturated carbocycles. The number of hydrogen-bond acceptors (Lipinski definition) is 12. The number of aromatic nitrogens is 1. The van der Waals surface area contributed by atoms with Gasteiger partial charge >= 0.3 is 11.9 Å². The van der Waals surface area contributed by atoms with Gasteiger partial charge in [0, 0.05) is 5.38 Å². The summed E-state index contributed by atoms with van der Waals surface area (Å²) in [5.41, 5.74) is -1.33. The number of amides is 3. The van der Waals surface area contributed by atoms with Gasteiger partial charge in [-0.05, 0) is 5.56 Å². The summed E-state index contributed by atoms with van der Waals surface area (Å²) in [6.07, 6.45) is -0.0992. The number of β-lactam (4-membered cyclic amide) rings is 1. The van der Waals surface area contributed by atoms with Gasteiger partial charge in [-0.1, -0.05) is 35.5 Å². The van der Waals surface area contributed by atoms with Crippen LogP contribution in [-0.2, 0) is 44.9 Å². The molecule has 1 aromatic carbocycles. The zero-order valence-corrected chi connectivity index (χ0v) is 22.5. The number of esters is 2. The van der Waals surface area contributed by atoms with Crippen LogP contribution in [0.4, 0.5) is 5.13 Å². The molecule has 2 aromatic rings. The molecule has 0 unspecified atom stereocenters. The first-order chi connectivity index (χ1) is 18.8. The summed E-state index contributed by atoms with van der Waals surface area (Å²) in [7, 11) is 1.24. The first kappa shape index (κ1) is 26.9. The van der Waals surface area contributed by atoms with Gasteiger partial charge in [0.05, 0.1) is 11.7 Å². The van der Waals surface area contributed by atoms with Gasteiger partial charge in [0.2, 0.25) is 5.91 Å². The topological polar surface area (TPSA) is 166 Å². The molecule has 3 aliphatic heterocycles. The number of rotatable bonds is 9. The molecule has 16 heteroatoms. The van der Waals surface area contributed by atoms with Crippen LogP contribution in [0.2, 0.25) is 0 Å². The molecule has 3 aliphatic rings. The maximum Gasteiger partial charge on any atom is 0.374 e. The Morgan fingerprint density at radius 1 is 1.28 bits per heavy atom. The summed E-state index contributed by atoms with van der Waals surface area (Å²) in [6, 6.07) is 7.90. The average molecular weight is 594 g/mol. The van der Waals surface area contributed by atoms with E-state index in [4.69, 9.17) is 25.9 Å². The molecule has 3 saturated heterocycles. The number of oxime groups is 1. The predicted molar refractivity (Wildman–Crippen MR) is 139 cm³/mol. The van der Waals surface area contributed by atoms with E-state index in [0.29, 0.717) is 0 Å². The second kappa shape index (κ2) is 10.8. The van der Waals surface area contributed by atoms with Crippen molar-refractivity contribution in [3.05, 3.63) is 47.0 Å². The van der Waals surface area contributed by atoms with Gasteiger partial charge in [-0.25, -0.2) is 9.78 Å². The zero-order chi connectivity index (χ0) is 27.7. The average Bonchev–Trinajstić information content (AvgIpc) is 3.60. The molecule has 3 amide bonds. The van der Waals surface area contributed by atoms with E-state index in [1.54, 1.807) is 24.3 Å². The molecular weight excluding hydrogens is 574 g/mol. The van der Waals surface area contributed by atoms with Crippen molar-refractivity contribution in [2.75, 3.05) is 18.3 Å². The fourth-order valence-corrected chi connectivity index (χ4v) is 6.88. The number of carbonyl (C=O) groups excluding carboxylic acids is 5. The number of nitrogens with zero attached hydrogens (tertiary/aromatic N) is 3. The molecule has 204 valence electrons. The molecule has 4 atom stereocenters. The molecule has 2 N–H and O–H groups in total. The second-order valence-electron chi connectivity index (χ2n) is 8.45. The van der Waals surface area contributed by atoms with Crippen LogP contribution >= 0.6 is 34.7 Å². The number of benzene rings is 1. The van der Waals surface area contributed by atoms with Crippen LogP contribution in [0, 0.1) is 0 Å². The lowest BCUT2D eigenvalue weighted by Crippen LogP contribution is -2.75. The Hall–Kier alpha value is -3.69. The third-order valence-corrected chi connectivity index (χ3v) is 8.64. The molecule has 0 radical (unpaired) electrons. The molecule has 3 fully saturated rings. The van der Waals surface area contributed by atoms with Crippen LogP contribution in [0.5, 0.6) is 0 Å². The van der Waals surface area contributed by atoms with Crippen molar-refractivity contribution >= 4 is 75.2 Å². The Morgan fingerprint density at radius 2 is 2.05 bits per heavy atom. The van der Waals surface area contributed by atoms with Gasteiger partial charge in [-0.15, -0.1) is 34.7 Å². The SMILES string of the molecule is CO/N=C(\C(=O)N[C@@H]1C(=O)N2[C@@H]1S[C@@H]1CC(=O)O[C@@]12C(=O)OCc1ccccc1)c1csc(NC(=O)CCl)n1. The largest absolute Gasteiger partial charge is 0.456 e. The predicted octanol–water partition coefficient (Wildman–Crippen LogP) is 0.826. The van der Waals surface area contributed by atoms with E-state index < -0.39 is 52.1 Å². The smallest absolute Gasteiger partial charge is 0.374 e. The molecule has 1 aromatic heterocycles. The van der Waals surface area contributed by atoms with E-state index in [1.807, 2.05) is 6.07 Å². The number of ether oxygens (including phenoxy) is 2. The van der Waals surface area contributed by atoms with Crippen LogP contribution in [0.3, 0.4) is 0 Å². The minimum Gasteiger partial charge on any atom is -0.456 e. The van der Waals surface area contributed by atoms with Crippen LogP contribution in [-0.4, -0.2) is 80.6 Å². The van der Waals surface area contributed by atoms with Crippen LogP contribution < -0.4 is 10.6 Å². The monoisotopic (exact) mass is 593 g/mol. The number of hydrogen-bond donors (Lipinski definition) is 2. The lowest BCUT2D eigenvalue weighted by Gasteiger charge is -2.46. The Morgan fingerprint density at radius 3 is 2.77 bits per heavy atom. The van der Waals surface area contributed by atoms with Gasteiger partial charge in [0.1, 0.15) is 36.7 Å². The van der Waals surface area contributed by atoms with Crippen LogP contribution in [0.25, 0.3) is 0 Å². The van der Waals surface area contributed by atoms with E-state index in [1.165, 1.54) is 24.3 Å². The van der Waals surface area contributed by atoms with Crippen LogP contribution in [0.15, 0.2) is 40.9 Å². The van der Waals surface area contributed by atoms with E-state index in [9.17, 15) is 24.0 Å². The Balaban J connectivity index is 1.30. The molecule has 4 heterocycles. The third-order valence-electron chi connectivity index (χ3n) is 6.07. The highest BCUT2D eigenvalue weighted by atomic mass is 35.5. The summed E-state index contributed by atoms with van der Waals surface area (Å²) in [5.74, 6) is -3.63. The maximum atomic E-state index is 13.2. The molecule has 0 bridgehead atoms. The minimum absolute atomic E-state index is 0.0684. The molecule has 5 rings (SSSR count). The molecule has 0 spiro atoms. The van der Waals surface area contributed by atoms with Gasteiger partial charge < -0.3 is 24.9 Å². The standard InChI is InChI=1S/C23H20ClN5O8S2/c1-35-28-16(12-10-38-22(25-12)26-14(30)8-24)18(32)27-17-19(33)29-20(17)39-13-7-15(31)37-23(13,29)21(34)36-9-11-5-3-2-4-6-11/h2-6,10,13,17,20H,7-9H2,1H3,(H,27,32)(H,25,26,30)/b28-16-/t13-,17-,20-,23-/m1/s1. The van der Waals surface area contributed by atoms with Gasteiger partial charge in [0.25, 0.3) is 17.5 Å². The highest BCUT2D eigenvalue weighted by Crippen LogP contribution is 2.55. The third kappa shape index (κ3) is 4.81. The highest BCUT2D eigenvalue weighted by molar-refractivity contribution is 8.01. The zero-order valence-electron chi connectivity index (χ0n) is 20.1. The normalized spacial score (nSPS) is 25.2. The quantitative estimate of drug-likeness (QED) is 0.140. The molecule has 39 heavy (non-hydrogen) atoms. The minimum atomic E-state index is -1.91. The lowest BCUT2D eigenvalue weighted by atomic mass is 9.98. The number of carbonyl (C=O) groups is 5. The number of thiazole rings is 1. The van der Waals surface area contributed by atoms with Gasteiger partial charge in [-0.3, -0.25) is 24.1 Å². The summed E-state index contributed by atoms with van der Waals surface area (Å²) in [5, 5.41) is 9.06. The van der Waals surface area contributed by atoms with Crippen molar-refractivity contribution < 1.29 is 38.3 Å².